The summed E-state index contributed by atoms with van der Waals surface area (Å²) in [6.45, 7) is 6.40. The number of aryl methyl sites for hydroxylation is 1. The molecule has 0 radical (unpaired) electrons. The first-order chi connectivity index (χ1) is 9.99. The number of hydrogen-bond acceptors (Lipinski definition) is 5. The highest BCUT2D eigenvalue weighted by Crippen LogP contribution is 2.17. The van der Waals surface area contributed by atoms with Gasteiger partial charge in [-0.05, 0) is 20.8 Å². The number of nitrogens with one attached hydrogen (secondary N) is 1. The van der Waals surface area contributed by atoms with E-state index in [1.165, 1.54) is 0 Å². The number of furan rings is 1. The Hall–Kier alpha value is -1.83. The van der Waals surface area contributed by atoms with Crippen molar-refractivity contribution in [3.63, 3.8) is 0 Å². The van der Waals surface area contributed by atoms with Crippen LogP contribution in [0.5, 0.6) is 0 Å². The molecule has 8 heteroatoms. The summed E-state index contributed by atoms with van der Waals surface area (Å²) in [5.41, 5.74) is -0.0602. The molecular weight excluding hydrogens is 310 g/mol. The summed E-state index contributed by atoms with van der Waals surface area (Å²) in [5, 5.41) is 11.4. The molecule has 0 spiro atoms. The van der Waals surface area contributed by atoms with Gasteiger partial charge in [-0.15, -0.1) is 0 Å². The van der Waals surface area contributed by atoms with Crippen LogP contribution in [0.3, 0.4) is 0 Å². The predicted octanol–water partition coefficient (Wildman–Crippen LogP) is 1.48. The zero-order chi connectivity index (χ0) is 17.1. The number of carbonyl (C=O) groups is 2. The van der Waals surface area contributed by atoms with E-state index in [2.05, 4.69) is 5.32 Å². The Bertz CT molecular complexity index is 666. The van der Waals surface area contributed by atoms with Crippen molar-refractivity contribution in [3.05, 3.63) is 23.2 Å². The molecule has 0 fully saturated rings. The number of carboxylic acids is 1. The normalized spacial score (nSPS) is 12.2. The van der Waals surface area contributed by atoms with Crippen LogP contribution in [0.4, 0.5) is 0 Å². The minimum absolute atomic E-state index is 0.0602. The van der Waals surface area contributed by atoms with Gasteiger partial charge in [-0.3, -0.25) is 4.79 Å². The number of aromatic carboxylic acids is 1. The molecule has 1 aromatic heterocycles. The van der Waals surface area contributed by atoms with Gasteiger partial charge in [-0.2, -0.15) is 0 Å². The monoisotopic (exact) mass is 331 g/mol. The van der Waals surface area contributed by atoms with Gasteiger partial charge in [-0.1, -0.05) is 6.92 Å². The molecule has 2 N–H and O–H groups in total. The summed E-state index contributed by atoms with van der Waals surface area (Å²) in [6, 6.07) is 1.15. The maximum absolute atomic E-state index is 11.9. The maximum Gasteiger partial charge on any atom is 0.339 e. The van der Waals surface area contributed by atoms with Crippen LogP contribution in [0, 0.1) is 0 Å². The molecule has 0 aliphatic heterocycles. The van der Waals surface area contributed by atoms with Gasteiger partial charge < -0.3 is 14.8 Å². The molecule has 0 aliphatic rings. The fourth-order valence-electron chi connectivity index (χ4n) is 1.68. The number of carboxylic acid groups (broad SMARTS) is 1. The highest BCUT2D eigenvalue weighted by atomic mass is 32.2. The number of carbonyl (C=O) groups excluding carboxylic acids is 1. The van der Waals surface area contributed by atoms with Crippen molar-refractivity contribution in [2.24, 2.45) is 0 Å². The Kier molecular flexibility index (Phi) is 5.39. The number of rotatable bonds is 6. The third kappa shape index (κ3) is 4.09. The molecule has 1 rings (SSSR count). The lowest BCUT2D eigenvalue weighted by molar-refractivity contribution is 0.0694. The summed E-state index contributed by atoms with van der Waals surface area (Å²) in [7, 11) is -3.34. The SMILES string of the molecule is CCc1oc(C(=O)NCCS(=O)(=O)C(C)(C)C)cc1C(=O)O. The first-order valence-corrected chi connectivity index (χ1v) is 8.51. The standard InChI is InChI=1S/C14H21NO6S/c1-5-10-9(13(17)18)8-11(21-10)12(16)15-6-7-22(19,20)14(2,3)4/h8H,5-7H2,1-4H3,(H,15,16)(H,17,18). The third-order valence-electron chi connectivity index (χ3n) is 3.17. The second kappa shape index (κ2) is 6.51. The van der Waals surface area contributed by atoms with E-state index in [0.29, 0.717) is 6.42 Å². The first kappa shape index (κ1) is 18.2. The molecular formula is C14H21NO6S. The summed E-state index contributed by atoms with van der Waals surface area (Å²) in [6.07, 6.45) is 0.341. The second-order valence-electron chi connectivity index (χ2n) is 5.79. The van der Waals surface area contributed by atoms with Crippen LogP contribution in [-0.2, 0) is 16.3 Å². The van der Waals surface area contributed by atoms with E-state index in [9.17, 15) is 18.0 Å². The Morgan fingerprint density at radius 1 is 1.32 bits per heavy atom. The predicted molar refractivity (Wildman–Crippen MR) is 80.9 cm³/mol. The number of sulfone groups is 1. The molecule has 0 bridgehead atoms. The quantitative estimate of drug-likeness (QED) is 0.816. The maximum atomic E-state index is 11.9. The molecule has 0 saturated heterocycles. The highest BCUT2D eigenvalue weighted by Gasteiger charge is 2.28. The van der Waals surface area contributed by atoms with Crippen molar-refractivity contribution in [1.29, 1.82) is 0 Å². The molecule has 124 valence electrons. The average molecular weight is 331 g/mol. The van der Waals surface area contributed by atoms with E-state index in [1.54, 1.807) is 27.7 Å². The van der Waals surface area contributed by atoms with Crippen LogP contribution in [0.15, 0.2) is 10.5 Å². The van der Waals surface area contributed by atoms with Crippen molar-refractivity contribution < 1.29 is 27.5 Å². The lowest BCUT2D eigenvalue weighted by Crippen LogP contribution is -2.36. The van der Waals surface area contributed by atoms with E-state index in [1.807, 2.05) is 0 Å². The van der Waals surface area contributed by atoms with E-state index < -0.39 is 26.5 Å². The number of amides is 1. The van der Waals surface area contributed by atoms with Crippen molar-refractivity contribution in [3.8, 4) is 0 Å². The van der Waals surface area contributed by atoms with E-state index in [0.717, 1.165) is 6.07 Å². The van der Waals surface area contributed by atoms with Gasteiger partial charge in [0.15, 0.2) is 15.6 Å². The zero-order valence-corrected chi connectivity index (χ0v) is 13.9. The summed E-state index contributed by atoms with van der Waals surface area (Å²) in [4.78, 5) is 22.9. The summed E-state index contributed by atoms with van der Waals surface area (Å²) >= 11 is 0. The van der Waals surface area contributed by atoms with Crippen LogP contribution in [0.1, 0.15) is 54.4 Å². The van der Waals surface area contributed by atoms with Crippen LogP contribution < -0.4 is 5.32 Å². The molecule has 0 saturated carbocycles. The second-order valence-corrected chi connectivity index (χ2v) is 8.66. The van der Waals surface area contributed by atoms with E-state index >= 15 is 0 Å². The lowest BCUT2D eigenvalue weighted by atomic mass is 10.2. The van der Waals surface area contributed by atoms with Gasteiger partial charge in [0.2, 0.25) is 0 Å². The third-order valence-corrected chi connectivity index (χ3v) is 5.78. The number of hydrogen-bond donors (Lipinski definition) is 2. The molecule has 0 unspecified atom stereocenters. The smallest absolute Gasteiger partial charge is 0.339 e. The van der Waals surface area contributed by atoms with Crippen molar-refractivity contribution >= 4 is 21.7 Å². The fourth-order valence-corrected chi connectivity index (χ4v) is 2.66. The molecule has 1 heterocycles. The Morgan fingerprint density at radius 2 is 1.91 bits per heavy atom. The van der Waals surface area contributed by atoms with Gasteiger partial charge in [0, 0.05) is 19.0 Å². The van der Waals surface area contributed by atoms with Gasteiger partial charge in [0.05, 0.1) is 10.5 Å². The van der Waals surface area contributed by atoms with Crippen LogP contribution in [0.25, 0.3) is 0 Å². The van der Waals surface area contributed by atoms with Crippen LogP contribution in [0.2, 0.25) is 0 Å². The molecule has 7 nitrogen and oxygen atoms in total. The average Bonchev–Trinajstić information content (AvgIpc) is 2.81. The molecule has 1 amide bonds. The molecule has 1 aromatic rings. The largest absolute Gasteiger partial charge is 0.478 e. The van der Waals surface area contributed by atoms with Gasteiger partial charge in [0.25, 0.3) is 5.91 Å². The van der Waals surface area contributed by atoms with Gasteiger partial charge in [-0.25, -0.2) is 13.2 Å². The van der Waals surface area contributed by atoms with Crippen LogP contribution >= 0.6 is 0 Å². The van der Waals surface area contributed by atoms with Gasteiger partial charge in [0.1, 0.15) is 11.3 Å². The summed E-state index contributed by atoms with van der Waals surface area (Å²) in [5.74, 6) is -1.93. The molecule has 0 aromatic carbocycles. The zero-order valence-electron chi connectivity index (χ0n) is 13.1. The lowest BCUT2D eigenvalue weighted by Gasteiger charge is -2.18. The molecule has 22 heavy (non-hydrogen) atoms. The van der Waals surface area contributed by atoms with Crippen LogP contribution in [-0.4, -0.2) is 42.4 Å². The Morgan fingerprint density at radius 3 is 2.32 bits per heavy atom. The van der Waals surface area contributed by atoms with Gasteiger partial charge >= 0.3 is 5.97 Å². The minimum Gasteiger partial charge on any atom is -0.478 e. The first-order valence-electron chi connectivity index (χ1n) is 6.86. The van der Waals surface area contributed by atoms with Crippen molar-refractivity contribution in [1.82, 2.24) is 5.32 Å². The van der Waals surface area contributed by atoms with E-state index in [4.69, 9.17) is 9.52 Å². The fraction of sp³-hybridized carbons (Fsp3) is 0.571. The van der Waals surface area contributed by atoms with Crippen molar-refractivity contribution in [2.45, 2.75) is 38.9 Å². The Balaban J connectivity index is 2.73. The Labute approximate surface area is 129 Å². The van der Waals surface area contributed by atoms with Crippen molar-refractivity contribution in [2.75, 3.05) is 12.3 Å². The summed E-state index contributed by atoms with van der Waals surface area (Å²) < 4.78 is 28.1. The van der Waals surface area contributed by atoms with E-state index in [-0.39, 0.29) is 29.4 Å². The minimum atomic E-state index is -3.34. The molecule has 0 aliphatic carbocycles. The molecule has 0 atom stereocenters. The highest BCUT2D eigenvalue weighted by molar-refractivity contribution is 7.92. The topological polar surface area (TPSA) is 114 Å².